The van der Waals surface area contributed by atoms with Gasteiger partial charge in [0.05, 0.1) is 17.6 Å². The van der Waals surface area contributed by atoms with Gasteiger partial charge in [0.25, 0.3) is 0 Å². The lowest BCUT2D eigenvalue weighted by Gasteiger charge is -2.01. The minimum Gasteiger partial charge on any atom is -0.323 e. The smallest absolute Gasteiger partial charge is 0.126 e. The first-order valence-electron chi connectivity index (χ1n) is 4.70. The van der Waals surface area contributed by atoms with Gasteiger partial charge < -0.3 is 5.73 Å². The Labute approximate surface area is 96.8 Å². The van der Waals surface area contributed by atoms with Gasteiger partial charge in [-0.2, -0.15) is 0 Å². The summed E-state index contributed by atoms with van der Waals surface area (Å²) < 4.78 is 14.5. The van der Waals surface area contributed by atoms with Gasteiger partial charge in [0.2, 0.25) is 0 Å². The van der Waals surface area contributed by atoms with E-state index in [4.69, 9.17) is 17.3 Å². The van der Waals surface area contributed by atoms with Crippen LogP contribution in [0.4, 0.5) is 4.39 Å². The van der Waals surface area contributed by atoms with Crippen molar-refractivity contribution in [1.82, 2.24) is 15.0 Å². The van der Waals surface area contributed by atoms with Gasteiger partial charge in [0.15, 0.2) is 0 Å². The lowest BCUT2D eigenvalue weighted by atomic mass is 10.3. The number of aromatic nitrogens is 3. The zero-order valence-electron chi connectivity index (χ0n) is 8.56. The predicted molar refractivity (Wildman–Crippen MR) is 58.9 cm³/mol. The lowest BCUT2D eigenvalue weighted by molar-refractivity contribution is 0.625. The van der Waals surface area contributed by atoms with Gasteiger partial charge in [-0.25, -0.2) is 9.07 Å². The van der Waals surface area contributed by atoms with E-state index >= 15 is 0 Å². The Hall–Kier alpha value is -1.46. The van der Waals surface area contributed by atoms with E-state index in [1.807, 2.05) is 0 Å². The van der Waals surface area contributed by atoms with Crippen LogP contribution in [0.5, 0.6) is 0 Å². The van der Waals surface area contributed by atoms with Crippen molar-refractivity contribution >= 4 is 11.6 Å². The fourth-order valence-electron chi connectivity index (χ4n) is 1.28. The van der Waals surface area contributed by atoms with Crippen LogP contribution in [0.25, 0.3) is 5.69 Å². The molecule has 2 rings (SSSR count). The molecule has 0 spiro atoms. The van der Waals surface area contributed by atoms with Crippen molar-refractivity contribution in [1.29, 1.82) is 0 Å². The van der Waals surface area contributed by atoms with E-state index in [1.54, 1.807) is 19.2 Å². The molecule has 1 unspecified atom stereocenters. The number of hydrogen-bond donors (Lipinski definition) is 1. The van der Waals surface area contributed by atoms with E-state index in [2.05, 4.69) is 10.3 Å². The third-order valence-corrected chi connectivity index (χ3v) is 2.31. The molecule has 0 fully saturated rings. The standard InChI is InChI=1S/C10H10ClFN4/c1-6(13)10-5-16(15-14-10)9-3-7(11)2-8(12)4-9/h2-6H,13H2,1H3. The molecule has 0 bridgehead atoms. The Morgan fingerprint density at radius 1 is 1.44 bits per heavy atom. The summed E-state index contributed by atoms with van der Waals surface area (Å²) in [4.78, 5) is 0. The molecule has 16 heavy (non-hydrogen) atoms. The maximum absolute atomic E-state index is 13.1. The van der Waals surface area contributed by atoms with Crippen LogP contribution in [-0.4, -0.2) is 15.0 Å². The number of nitrogens with zero attached hydrogens (tertiary/aromatic N) is 3. The van der Waals surface area contributed by atoms with E-state index in [9.17, 15) is 4.39 Å². The Balaban J connectivity index is 2.42. The summed E-state index contributed by atoms with van der Waals surface area (Å²) in [6, 6.07) is 3.95. The van der Waals surface area contributed by atoms with Crippen molar-refractivity contribution in [2.75, 3.05) is 0 Å². The molecule has 0 aliphatic heterocycles. The first kappa shape index (κ1) is 11.0. The van der Waals surface area contributed by atoms with Crippen LogP contribution in [0.3, 0.4) is 0 Å². The van der Waals surface area contributed by atoms with Crippen molar-refractivity contribution in [3.63, 3.8) is 0 Å². The van der Waals surface area contributed by atoms with Crippen molar-refractivity contribution in [2.24, 2.45) is 5.73 Å². The molecule has 0 radical (unpaired) electrons. The first-order chi connectivity index (χ1) is 7.56. The molecular formula is C10H10ClFN4. The van der Waals surface area contributed by atoms with Crippen LogP contribution in [0, 0.1) is 5.82 Å². The summed E-state index contributed by atoms with van der Waals surface area (Å²) in [6.45, 7) is 1.80. The fraction of sp³-hybridized carbons (Fsp3) is 0.200. The second kappa shape index (κ2) is 4.19. The van der Waals surface area contributed by atoms with Crippen molar-refractivity contribution in [2.45, 2.75) is 13.0 Å². The van der Waals surface area contributed by atoms with Crippen LogP contribution in [-0.2, 0) is 0 Å². The Kier molecular flexibility index (Phi) is 2.89. The van der Waals surface area contributed by atoms with Gasteiger partial charge >= 0.3 is 0 Å². The number of benzene rings is 1. The molecule has 84 valence electrons. The average molecular weight is 241 g/mol. The van der Waals surface area contributed by atoms with E-state index in [0.29, 0.717) is 16.4 Å². The summed E-state index contributed by atoms with van der Waals surface area (Å²) in [6.07, 6.45) is 1.65. The van der Waals surface area contributed by atoms with Gasteiger partial charge in [-0.3, -0.25) is 0 Å². The van der Waals surface area contributed by atoms with Gasteiger partial charge in [0.1, 0.15) is 5.82 Å². The van der Waals surface area contributed by atoms with Crippen molar-refractivity contribution in [3.05, 3.63) is 40.9 Å². The highest BCUT2D eigenvalue weighted by atomic mass is 35.5. The summed E-state index contributed by atoms with van der Waals surface area (Å²) in [7, 11) is 0. The number of nitrogens with two attached hydrogens (primary N) is 1. The van der Waals surface area contributed by atoms with E-state index < -0.39 is 5.82 Å². The molecule has 1 aromatic carbocycles. The third-order valence-electron chi connectivity index (χ3n) is 2.09. The minimum absolute atomic E-state index is 0.210. The Morgan fingerprint density at radius 2 is 2.19 bits per heavy atom. The number of hydrogen-bond acceptors (Lipinski definition) is 3. The number of halogens is 2. The molecule has 0 amide bonds. The molecule has 1 heterocycles. The fourth-order valence-corrected chi connectivity index (χ4v) is 1.50. The van der Waals surface area contributed by atoms with Gasteiger partial charge in [0, 0.05) is 11.1 Å². The Morgan fingerprint density at radius 3 is 2.75 bits per heavy atom. The van der Waals surface area contributed by atoms with E-state index in [-0.39, 0.29) is 6.04 Å². The van der Waals surface area contributed by atoms with Crippen LogP contribution < -0.4 is 5.73 Å². The van der Waals surface area contributed by atoms with Crippen LogP contribution in [0.1, 0.15) is 18.7 Å². The van der Waals surface area contributed by atoms with Crippen molar-refractivity contribution < 1.29 is 4.39 Å². The topological polar surface area (TPSA) is 56.7 Å². The molecule has 4 nitrogen and oxygen atoms in total. The van der Waals surface area contributed by atoms with Crippen LogP contribution >= 0.6 is 11.6 Å². The first-order valence-corrected chi connectivity index (χ1v) is 5.08. The van der Waals surface area contributed by atoms with Crippen LogP contribution in [0.2, 0.25) is 5.02 Å². The molecule has 1 atom stereocenters. The summed E-state index contributed by atoms with van der Waals surface area (Å²) in [5.74, 6) is -0.416. The Bertz CT molecular complexity index is 489. The second-order valence-corrected chi connectivity index (χ2v) is 3.94. The maximum atomic E-state index is 13.1. The summed E-state index contributed by atoms with van der Waals surface area (Å²) in [5, 5.41) is 8.04. The molecule has 0 saturated heterocycles. The minimum atomic E-state index is -0.416. The van der Waals surface area contributed by atoms with E-state index in [1.165, 1.54) is 16.8 Å². The van der Waals surface area contributed by atoms with E-state index in [0.717, 1.165) is 0 Å². The second-order valence-electron chi connectivity index (χ2n) is 3.50. The van der Waals surface area contributed by atoms with Gasteiger partial charge in [-0.05, 0) is 25.1 Å². The lowest BCUT2D eigenvalue weighted by Crippen LogP contribution is -2.04. The average Bonchev–Trinajstić information content (AvgIpc) is 2.64. The molecule has 2 aromatic rings. The monoisotopic (exact) mass is 240 g/mol. The highest BCUT2D eigenvalue weighted by Gasteiger charge is 2.07. The summed E-state index contributed by atoms with van der Waals surface area (Å²) in [5.41, 5.74) is 6.81. The molecule has 0 aliphatic rings. The zero-order valence-corrected chi connectivity index (χ0v) is 9.32. The quantitative estimate of drug-likeness (QED) is 0.874. The molecule has 1 aromatic heterocycles. The van der Waals surface area contributed by atoms with Gasteiger partial charge in [-0.15, -0.1) is 5.10 Å². The van der Waals surface area contributed by atoms with Gasteiger partial charge in [-0.1, -0.05) is 16.8 Å². The van der Waals surface area contributed by atoms with Crippen molar-refractivity contribution in [3.8, 4) is 5.69 Å². The molecular weight excluding hydrogens is 231 g/mol. The zero-order chi connectivity index (χ0) is 11.7. The normalized spacial score (nSPS) is 12.8. The van der Waals surface area contributed by atoms with Crippen LogP contribution in [0.15, 0.2) is 24.4 Å². The predicted octanol–water partition coefficient (Wildman–Crippen LogP) is 2.08. The SMILES string of the molecule is CC(N)c1cn(-c2cc(F)cc(Cl)c2)nn1. The third kappa shape index (κ3) is 2.20. The molecule has 0 saturated carbocycles. The molecule has 0 aliphatic carbocycles. The largest absolute Gasteiger partial charge is 0.323 e. The highest BCUT2D eigenvalue weighted by molar-refractivity contribution is 6.30. The highest BCUT2D eigenvalue weighted by Crippen LogP contribution is 2.17. The molecule has 6 heteroatoms. The summed E-state index contributed by atoms with van der Waals surface area (Å²) >= 11 is 5.74. The maximum Gasteiger partial charge on any atom is 0.126 e. The number of rotatable bonds is 2. The molecule has 2 N–H and O–H groups in total.